The van der Waals surface area contributed by atoms with Gasteiger partial charge in [0.2, 0.25) is 0 Å². The zero-order valence-electron chi connectivity index (χ0n) is 27.8. The van der Waals surface area contributed by atoms with Crippen molar-refractivity contribution in [1.29, 1.82) is 0 Å². The zero-order valence-corrected chi connectivity index (χ0v) is 27.8. The smallest absolute Gasteiger partial charge is 0.135 e. The van der Waals surface area contributed by atoms with Crippen LogP contribution in [-0.4, -0.2) is 9.13 Å². The first-order valence-electron chi connectivity index (χ1n) is 17.7. The van der Waals surface area contributed by atoms with Gasteiger partial charge in [0, 0.05) is 49.3 Å². The molecular formula is C48H32N2O. The van der Waals surface area contributed by atoms with Crippen molar-refractivity contribution in [3.63, 3.8) is 0 Å². The van der Waals surface area contributed by atoms with E-state index in [0.29, 0.717) is 0 Å². The number of fused-ring (bicyclic) bond motifs is 9. The van der Waals surface area contributed by atoms with E-state index in [4.69, 9.17) is 4.42 Å². The summed E-state index contributed by atoms with van der Waals surface area (Å²) in [6.07, 6.45) is 5.69. The standard InChI is InChI=1S/C48H32N2O/c1-5-16-43-37(12-1)38-13-2-6-17-44(38)50(43)36-25-26-46-41(30-36)39-14-3-7-18-45(39)49(46)35-23-20-31(21-24-35)32-10-9-11-33(28-32)34-22-27-48-42(29-34)40-15-4-8-19-47(40)51-48/h1-29,36H,30H2. The molecule has 0 saturated carbocycles. The molecule has 0 radical (unpaired) electrons. The van der Waals surface area contributed by atoms with E-state index in [1.165, 1.54) is 71.9 Å². The highest BCUT2D eigenvalue weighted by atomic mass is 16.3. The van der Waals surface area contributed by atoms with Gasteiger partial charge in [0.1, 0.15) is 11.2 Å². The fourth-order valence-corrected chi connectivity index (χ4v) is 8.55. The number of aromatic nitrogens is 2. The minimum atomic E-state index is 0.226. The summed E-state index contributed by atoms with van der Waals surface area (Å²) in [4.78, 5) is 0. The quantitative estimate of drug-likeness (QED) is 0.186. The molecule has 1 aliphatic carbocycles. The predicted molar refractivity (Wildman–Crippen MR) is 213 cm³/mol. The molecule has 0 fully saturated rings. The molecular weight excluding hydrogens is 621 g/mol. The van der Waals surface area contributed by atoms with Crippen molar-refractivity contribution in [1.82, 2.24) is 9.13 Å². The lowest BCUT2D eigenvalue weighted by Gasteiger charge is -2.22. The van der Waals surface area contributed by atoms with E-state index in [-0.39, 0.29) is 6.04 Å². The second-order valence-corrected chi connectivity index (χ2v) is 13.7. The molecule has 3 heteroatoms. The molecule has 0 aliphatic heterocycles. The number of hydrogen-bond acceptors (Lipinski definition) is 1. The number of hydrogen-bond donors (Lipinski definition) is 0. The lowest BCUT2D eigenvalue weighted by Crippen LogP contribution is -2.13. The zero-order chi connectivity index (χ0) is 33.5. The fraction of sp³-hybridized carbons (Fsp3) is 0.0417. The Hall–Kier alpha value is -6.58. The van der Waals surface area contributed by atoms with E-state index >= 15 is 0 Å². The topological polar surface area (TPSA) is 23.0 Å². The molecule has 10 aromatic rings. The van der Waals surface area contributed by atoms with Crippen molar-refractivity contribution in [2.75, 3.05) is 0 Å². The Bertz CT molecular complexity index is 2950. The summed E-state index contributed by atoms with van der Waals surface area (Å²) in [5.41, 5.74) is 14.3. The minimum Gasteiger partial charge on any atom is -0.456 e. The average Bonchev–Trinajstić information content (AvgIpc) is 3.85. The van der Waals surface area contributed by atoms with Crippen LogP contribution in [0.3, 0.4) is 0 Å². The third kappa shape index (κ3) is 4.31. The molecule has 11 rings (SSSR count). The molecule has 3 heterocycles. The van der Waals surface area contributed by atoms with Gasteiger partial charge in [-0.3, -0.25) is 0 Å². The summed E-state index contributed by atoms with van der Waals surface area (Å²) in [6.45, 7) is 0. The van der Waals surface area contributed by atoms with Gasteiger partial charge < -0.3 is 13.6 Å². The van der Waals surface area contributed by atoms with Crippen LogP contribution >= 0.6 is 0 Å². The molecule has 51 heavy (non-hydrogen) atoms. The van der Waals surface area contributed by atoms with Gasteiger partial charge in [-0.1, -0.05) is 115 Å². The first-order chi connectivity index (χ1) is 25.3. The SMILES string of the molecule is C1=CC(n2c3ccccc3c3ccccc32)Cc2c1n(-c1ccc(-c3cccc(-c4ccc5oc6ccccc6c5c4)c3)cc1)c1ccccc21. The number of nitrogens with zero attached hydrogens (tertiary/aromatic N) is 2. The Labute approximate surface area is 294 Å². The van der Waals surface area contributed by atoms with Gasteiger partial charge in [0.05, 0.1) is 11.6 Å². The maximum Gasteiger partial charge on any atom is 0.135 e. The van der Waals surface area contributed by atoms with Crippen LogP contribution in [0.25, 0.3) is 88.7 Å². The summed E-state index contributed by atoms with van der Waals surface area (Å²) in [6, 6.07) is 59.4. The summed E-state index contributed by atoms with van der Waals surface area (Å²) in [5, 5.41) is 6.25. The van der Waals surface area contributed by atoms with E-state index in [0.717, 1.165) is 28.4 Å². The summed E-state index contributed by atoms with van der Waals surface area (Å²) in [5.74, 6) is 0. The molecule has 1 aliphatic rings. The monoisotopic (exact) mass is 652 g/mol. The molecule has 0 bridgehead atoms. The summed E-state index contributed by atoms with van der Waals surface area (Å²) < 4.78 is 11.1. The van der Waals surface area contributed by atoms with Crippen LogP contribution in [0.4, 0.5) is 0 Å². The van der Waals surface area contributed by atoms with Gasteiger partial charge in [-0.05, 0) is 94.9 Å². The van der Waals surface area contributed by atoms with Gasteiger partial charge in [-0.25, -0.2) is 0 Å². The van der Waals surface area contributed by atoms with Gasteiger partial charge in [0.15, 0.2) is 0 Å². The average molecular weight is 653 g/mol. The molecule has 0 spiro atoms. The van der Waals surface area contributed by atoms with Crippen LogP contribution in [-0.2, 0) is 6.42 Å². The highest BCUT2D eigenvalue weighted by molar-refractivity contribution is 6.08. The Kier molecular flexibility index (Phi) is 6.08. The first kappa shape index (κ1) is 28.3. The van der Waals surface area contributed by atoms with Crippen molar-refractivity contribution >= 4 is 60.7 Å². The molecule has 0 N–H and O–H groups in total. The van der Waals surface area contributed by atoms with Gasteiger partial charge in [-0.2, -0.15) is 0 Å². The number of rotatable bonds is 4. The molecule has 0 amide bonds. The summed E-state index contributed by atoms with van der Waals surface area (Å²) >= 11 is 0. The van der Waals surface area contributed by atoms with Crippen molar-refractivity contribution in [2.45, 2.75) is 12.5 Å². The predicted octanol–water partition coefficient (Wildman–Crippen LogP) is 12.8. The van der Waals surface area contributed by atoms with Gasteiger partial charge in [-0.15, -0.1) is 0 Å². The lowest BCUT2D eigenvalue weighted by atomic mass is 9.96. The number of allylic oxidation sites excluding steroid dienone is 1. The van der Waals surface area contributed by atoms with Crippen LogP contribution in [0.2, 0.25) is 0 Å². The Morgan fingerprint density at radius 2 is 1.04 bits per heavy atom. The fourth-order valence-electron chi connectivity index (χ4n) is 8.55. The molecule has 240 valence electrons. The molecule has 1 atom stereocenters. The largest absolute Gasteiger partial charge is 0.456 e. The molecule has 7 aromatic carbocycles. The van der Waals surface area contributed by atoms with Crippen LogP contribution in [0.1, 0.15) is 17.3 Å². The van der Waals surface area contributed by atoms with Crippen molar-refractivity contribution in [2.24, 2.45) is 0 Å². The van der Waals surface area contributed by atoms with Crippen LogP contribution in [0.5, 0.6) is 0 Å². The lowest BCUT2D eigenvalue weighted by molar-refractivity contribution is 0.636. The number of benzene rings is 7. The Morgan fingerprint density at radius 3 is 1.80 bits per heavy atom. The number of para-hydroxylation sites is 4. The number of furan rings is 1. The molecule has 3 aromatic heterocycles. The van der Waals surface area contributed by atoms with Crippen molar-refractivity contribution in [3.8, 4) is 27.9 Å². The third-order valence-electron chi connectivity index (χ3n) is 10.9. The highest BCUT2D eigenvalue weighted by Crippen LogP contribution is 2.41. The second kappa shape index (κ2) is 11.0. The molecule has 3 nitrogen and oxygen atoms in total. The van der Waals surface area contributed by atoms with Crippen molar-refractivity contribution < 1.29 is 4.42 Å². The van der Waals surface area contributed by atoms with E-state index in [2.05, 4.69) is 173 Å². The maximum absolute atomic E-state index is 6.09. The molecule has 1 unspecified atom stereocenters. The Balaban J connectivity index is 0.963. The normalized spacial score (nSPS) is 14.3. The highest BCUT2D eigenvalue weighted by Gasteiger charge is 2.25. The minimum absolute atomic E-state index is 0.226. The Morgan fingerprint density at radius 1 is 0.451 bits per heavy atom. The summed E-state index contributed by atoms with van der Waals surface area (Å²) in [7, 11) is 0. The van der Waals surface area contributed by atoms with Gasteiger partial charge in [0.25, 0.3) is 0 Å². The first-order valence-corrected chi connectivity index (χ1v) is 17.7. The second-order valence-electron chi connectivity index (χ2n) is 13.7. The van der Waals surface area contributed by atoms with E-state index < -0.39 is 0 Å². The van der Waals surface area contributed by atoms with E-state index in [1.54, 1.807) is 0 Å². The van der Waals surface area contributed by atoms with Gasteiger partial charge >= 0.3 is 0 Å². The third-order valence-corrected chi connectivity index (χ3v) is 10.9. The van der Waals surface area contributed by atoms with Crippen LogP contribution in [0.15, 0.2) is 174 Å². The van der Waals surface area contributed by atoms with Crippen LogP contribution < -0.4 is 0 Å². The maximum atomic E-state index is 6.09. The molecule has 0 saturated heterocycles. The van der Waals surface area contributed by atoms with Crippen molar-refractivity contribution in [3.05, 3.63) is 181 Å². The van der Waals surface area contributed by atoms with E-state index in [9.17, 15) is 0 Å². The van der Waals surface area contributed by atoms with E-state index in [1.807, 2.05) is 12.1 Å². The van der Waals surface area contributed by atoms with Crippen LogP contribution in [0, 0.1) is 0 Å².